The zero-order valence-electron chi connectivity index (χ0n) is 16.1. The molecule has 0 aliphatic carbocycles. The van der Waals surface area contributed by atoms with E-state index in [1.165, 1.54) is 25.7 Å². The second-order valence-corrected chi connectivity index (χ2v) is 7.87. The Balaban J connectivity index is 1.36. The highest BCUT2D eigenvalue weighted by molar-refractivity contribution is 6.30. The lowest BCUT2D eigenvalue weighted by atomic mass is 10.2. The predicted octanol–water partition coefficient (Wildman–Crippen LogP) is 3.47. The van der Waals surface area contributed by atoms with Gasteiger partial charge < -0.3 is 14.7 Å². The summed E-state index contributed by atoms with van der Waals surface area (Å²) in [7, 11) is 0. The molecule has 1 aromatic heterocycles. The maximum atomic E-state index is 12.8. The van der Waals surface area contributed by atoms with E-state index in [9.17, 15) is 4.79 Å². The standard InChI is InChI=1S/C21H26ClN5O/c22-18-6-5-7-19(14-18)25-10-12-26(13-11-25)20(28)17-15-23-21(24-16-17)27-8-3-1-2-4-9-27/h5-7,14-16H,1-4,8-13H2. The van der Waals surface area contributed by atoms with Crippen LogP contribution in [0.4, 0.5) is 11.6 Å². The van der Waals surface area contributed by atoms with E-state index in [1.807, 2.05) is 23.1 Å². The maximum absolute atomic E-state index is 12.8. The third-order valence-corrected chi connectivity index (χ3v) is 5.75. The molecule has 4 rings (SSSR count). The highest BCUT2D eigenvalue weighted by Gasteiger charge is 2.23. The van der Waals surface area contributed by atoms with E-state index < -0.39 is 0 Å². The van der Waals surface area contributed by atoms with Crippen LogP contribution in [0.5, 0.6) is 0 Å². The number of carbonyl (C=O) groups excluding carboxylic acids is 1. The average molecular weight is 400 g/mol. The first-order valence-electron chi connectivity index (χ1n) is 10.1. The lowest BCUT2D eigenvalue weighted by Crippen LogP contribution is -2.48. The van der Waals surface area contributed by atoms with E-state index >= 15 is 0 Å². The number of amides is 1. The minimum atomic E-state index is 0.00756. The summed E-state index contributed by atoms with van der Waals surface area (Å²) in [6.45, 7) is 4.94. The molecule has 2 saturated heterocycles. The lowest BCUT2D eigenvalue weighted by Gasteiger charge is -2.36. The number of halogens is 1. The summed E-state index contributed by atoms with van der Waals surface area (Å²) in [5.41, 5.74) is 1.67. The van der Waals surface area contributed by atoms with E-state index in [2.05, 4.69) is 25.8 Å². The molecular formula is C21H26ClN5O. The molecule has 3 heterocycles. The van der Waals surface area contributed by atoms with Gasteiger partial charge in [-0.15, -0.1) is 0 Å². The van der Waals surface area contributed by atoms with Crippen LogP contribution in [0.3, 0.4) is 0 Å². The second-order valence-electron chi connectivity index (χ2n) is 7.43. The fourth-order valence-corrected chi connectivity index (χ4v) is 4.07. The van der Waals surface area contributed by atoms with Gasteiger partial charge in [0.25, 0.3) is 5.91 Å². The molecule has 148 valence electrons. The molecule has 1 aromatic carbocycles. The minimum absolute atomic E-state index is 0.00756. The average Bonchev–Trinajstić information content (AvgIpc) is 3.03. The van der Waals surface area contributed by atoms with Crippen LogP contribution < -0.4 is 9.80 Å². The summed E-state index contributed by atoms with van der Waals surface area (Å²) in [5.74, 6) is 0.748. The van der Waals surface area contributed by atoms with Gasteiger partial charge in [-0.3, -0.25) is 4.79 Å². The van der Waals surface area contributed by atoms with Crippen LogP contribution in [0, 0.1) is 0 Å². The van der Waals surface area contributed by atoms with Gasteiger partial charge in [-0.25, -0.2) is 9.97 Å². The van der Waals surface area contributed by atoms with Gasteiger partial charge in [0, 0.05) is 62.4 Å². The van der Waals surface area contributed by atoms with Crippen molar-refractivity contribution < 1.29 is 4.79 Å². The summed E-state index contributed by atoms with van der Waals surface area (Å²) in [6, 6.07) is 7.85. The maximum Gasteiger partial charge on any atom is 0.257 e. The van der Waals surface area contributed by atoms with Crippen molar-refractivity contribution in [2.75, 3.05) is 49.1 Å². The first kappa shape index (κ1) is 19.0. The van der Waals surface area contributed by atoms with Crippen LogP contribution in [0.1, 0.15) is 36.0 Å². The molecule has 28 heavy (non-hydrogen) atoms. The van der Waals surface area contributed by atoms with E-state index in [1.54, 1.807) is 12.4 Å². The fraction of sp³-hybridized carbons (Fsp3) is 0.476. The van der Waals surface area contributed by atoms with Crippen molar-refractivity contribution >= 4 is 29.1 Å². The Hall–Kier alpha value is -2.34. The van der Waals surface area contributed by atoms with Gasteiger partial charge in [0.05, 0.1) is 5.56 Å². The molecule has 2 fully saturated rings. The third-order valence-electron chi connectivity index (χ3n) is 5.51. The number of benzene rings is 1. The van der Waals surface area contributed by atoms with Gasteiger partial charge in [-0.05, 0) is 31.0 Å². The molecular weight excluding hydrogens is 374 g/mol. The molecule has 0 bridgehead atoms. The summed E-state index contributed by atoms with van der Waals surface area (Å²) < 4.78 is 0. The van der Waals surface area contributed by atoms with Gasteiger partial charge in [0.15, 0.2) is 0 Å². The summed E-state index contributed by atoms with van der Waals surface area (Å²) in [5, 5.41) is 0.734. The summed E-state index contributed by atoms with van der Waals surface area (Å²) in [4.78, 5) is 28.1. The van der Waals surface area contributed by atoms with E-state index in [-0.39, 0.29) is 5.91 Å². The number of hydrogen-bond acceptors (Lipinski definition) is 5. The largest absolute Gasteiger partial charge is 0.368 e. The molecule has 2 aliphatic rings. The smallest absolute Gasteiger partial charge is 0.257 e. The van der Waals surface area contributed by atoms with Crippen molar-refractivity contribution in [1.82, 2.24) is 14.9 Å². The Labute approximate surface area is 171 Å². The fourth-order valence-electron chi connectivity index (χ4n) is 3.89. The second kappa shape index (κ2) is 8.78. The molecule has 0 unspecified atom stereocenters. The normalized spacial score (nSPS) is 18.1. The highest BCUT2D eigenvalue weighted by Crippen LogP contribution is 2.21. The quantitative estimate of drug-likeness (QED) is 0.790. The zero-order chi connectivity index (χ0) is 19.3. The van der Waals surface area contributed by atoms with E-state index in [0.29, 0.717) is 18.7 Å². The monoisotopic (exact) mass is 399 g/mol. The molecule has 2 aliphatic heterocycles. The van der Waals surface area contributed by atoms with Crippen molar-refractivity contribution in [2.24, 2.45) is 0 Å². The van der Waals surface area contributed by atoms with Crippen LogP contribution in [-0.2, 0) is 0 Å². The van der Waals surface area contributed by atoms with Crippen molar-refractivity contribution in [3.63, 3.8) is 0 Å². The van der Waals surface area contributed by atoms with Gasteiger partial charge >= 0.3 is 0 Å². The van der Waals surface area contributed by atoms with Gasteiger partial charge in [-0.1, -0.05) is 30.5 Å². The number of rotatable bonds is 3. The SMILES string of the molecule is O=C(c1cnc(N2CCCCCC2)nc1)N1CCN(c2cccc(Cl)c2)CC1. The predicted molar refractivity (Wildman–Crippen MR) is 112 cm³/mol. The molecule has 0 spiro atoms. The van der Waals surface area contributed by atoms with Crippen molar-refractivity contribution in [3.05, 3.63) is 47.2 Å². The van der Waals surface area contributed by atoms with Crippen molar-refractivity contribution in [1.29, 1.82) is 0 Å². The van der Waals surface area contributed by atoms with Crippen LogP contribution in [0.15, 0.2) is 36.7 Å². The Bertz CT molecular complexity index is 797. The number of piperazine rings is 1. The molecule has 0 radical (unpaired) electrons. The summed E-state index contributed by atoms with van der Waals surface area (Å²) in [6.07, 6.45) is 8.27. The van der Waals surface area contributed by atoms with E-state index in [4.69, 9.17) is 11.6 Å². The van der Waals surface area contributed by atoms with Gasteiger partial charge in [-0.2, -0.15) is 0 Å². The molecule has 7 heteroatoms. The number of anilines is 2. The Morgan fingerprint density at radius 1 is 0.857 bits per heavy atom. The van der Waals surface area contributed by atoms with E-state index in [0.717, 1.165) is 42.8 Å². The number of carbonyl (C=O) groups is 1. The lowest BCUT2D eigenvalue weighted by molar-refractivity contribution is 0.0746. The third kappa shape index (κ3) is 4.38. The Morgan fingerprint density at radius 3 is 2.18 bits per heavy atom. The Kier molecular flexibility index (Phi) is 5.95. The minimum Gasteiger partial charge on any atom is -0.368 e. The van der Waals surface area contributed by atoms with Gasteiger partial charge in [0.2, 0.25) is 5.95 Å². The first-order valence-corrected chi connectivity index (χ1v) is 10.5. The number of nitrogens with zero attached hydrogens (tertiary/aromatic N) is 5. The van der Waals surface area contributed by atoms with Crippen LogP contribution >= 0.6 is 11.6 Å². The van der Waals surface area contributed by atoms with Crippen molar-refractivity contribution in [2.45, 2.75) is 25.7 Å². The topological polar surface area (TPSA) is 52.6 Å². The molecule has 6 nitrogen and oxygen atoms in total. The van der Waals surface area contributed by atoms with Gasteiger partial charge in [0.1, 0.15) is 0 Å². The molecule has 1 amide bonds. The van der Waals surface area contributed by atoms with Crippen LogP contribution in [-0.4, -0.2) is 60.0 Å². The molecule has 2 aromatic rings. The highest BCUT2D eigenvalue weighted by atomic mass is 35.5. The van der Waals surface area contributed by atoms with Crippen molar-refractivity contribution in [3.8, 4) is 0 Å². The molecule has 0 atom stereocenters. The molecule has 0 saturated carbocycles. The Morgan fingerprint density at radius 2 is 1.54 bits per heavy atom. The zero-order valence-corrected chi connectivity index (χ0v) is 16.8. The number of hydrogen-bond donors (Lipinski definition) is 0. The first-order chi connectivity index (χ1) is 13.7. The molecule has 0 N–H and O–H groups in total. The number of aromatic nitrogens is 2. The van der Waals surface area contributed by atoms with Crippen LogP contribution in [0.25, 0.3) is 0 Å². The summed E-state index contributed by atoms with van der Waals surface area (Å²) >= 11 is 6.09. The van der Waals surface area contributed by atoms with Crippen LogP contribution in [0.2, 0.25) is 5.02 Å².